The minimum Gasteiger partial charge on any atom is -0.507 e. The summed E-state index contributed by atoms with van der Waals surface area (Å²) in [6.45, 7) is 18.3. The number of carbonyl (C=O) groups is 1. The van der Waals surface area contributed by atoms with Crippen molar-refractivity contribution in [3.05, 3.63) is 33.6 Å². The monoisotopic (exact) mass is 472 g/mol. The third-order valence-electron chi connectivity index (χ3n) is 6.13. The van der Waals surface area contributed by atoms with Crippen LogP contribution in [0.3, 0.4) is 0 Å². The molecular weight excluding hydrogens is 432 g/mol. The summed E-state index contributed by atoms with van der Waals surface area (Å²) in [7, 11) is 0. The van der Waals surface area contributed by atoms with Crippen molar-refractivity contribution in [2.24, 2.45) is 0 Å². The molecule has 6 heteroatoms. The van der Waals surface area contributed by atoms with Gasteiger partial charge in [-0.05, 0) is 56.6 Å². The van der Waals surface area contributed by atoms with E-state index in [0.717, 1.165) is 53.1 Å². The summed E-state index contributed by atoms with van der Waals surface area (Å²) in [5.41, 5.74) is 2.27. The van der Waals surface area contributed by atoms with Gasteiger partial charge < -0.3 is 15.2 Å². The van der Waals surface area contributed by atoms with Crippen LogP contribution in [0.15, 0.2) is 17.5 Å². The predicted octanol–water partition coefficient (Wildman–Crippen LogP) is 7.40. The molecule has 5 nitrogen and oxygen atoms in total. The largest absolute Gasteiger partial charge is 0.507 e. The number of nitrogens with zero attached hydrogens (tertiary/aromatic N) is 1. The van der Waals surface area contributed by atoms with Crippen LogP contribution in [0.1, 0.15) is 104 Å². The molecule has 0 saturated heterocycles. The van der Waals surface area contributed by atoms with Crippen molar-refractivity contribution in [3.63, 3.8) is 0 Å². The zero-order chi connectivity index (χ0) is 24.8. The molecule has 0 atom stereocenters. The van der Waals surface area contributed by atoms with E-state index in [1.807, 2.05) is 20.8 Å². The molecule has 0 spiro atoms. The van der Waals surface area contributed by atoms with Gasteiger partial charge in [0.05, 0.1) is 11.2 Å². The SMILES string of the molecule is CC(C)(C)OC(=O)NC1(c2nc(-c3cc(C(C)(C)C)c(O)c(C(C)(C)C)c3)cs2)CCCC1. The molecule has 2 N–H and O–H groups in total. The fraction of sp³-hybridized carbons (Fsp3) is 0.630. The predicted molar refractivity (Wildman–Crippen MR) is 136 cm³/mol. The summed E-state index contributed by atoms with van der Waals surface area (Å²) in [6.07, 6.45) is 3.42. The van der Waals surface area contributed by atoms with Crippen molar-refractivity contribution in [1.82, 2.24) is 10.3 Å². The lowest BCUT2D eigenvalue weighted by molar-refractivity contribution is 0.0453. The Bertz CT molecular complexity index is 978. The number of alkyl carbamates (subject to hydrolysis) is 1. The third kappa shape index (κ3) is 5.71. The molecule has 1 aromatic carbocycles. The van der Waals surface area contributed by atoms with Crippen LogP contribution in [-0.2, 0) is 21.1 Å². The first-order valence-electron chi connectivity index (χ1n) is 11.9. The van der Waals surface area contributed by atoms with Crippen molar-refractivity contribution in [2.75, 3.05) is 0 Å². The highest BCUT2D eigenvalue weighted by Gasteiger charge is 2.41. The Morgan fingerprint density at radius 3 is 1.97 bits per heavy atom. The lowest BCUT2D eigenvalue weighted by Gasteiger charge is -2.30. The molecule has 33 heavy (non-hydrogen) atoms. The highest BCUT2D eigenvalue weighted by molar-refractivity contribution is 7.10. The summed E-state index contributed by atoms with van der Waals surface area (Å²) < 4.78 is 5.56. The second-order valence-corrected chi connectivity index (χ2v) is 13.2. The molecular formula is C27H40N2O3S. The van der Waals surface area contributed by atoms with Gasteiger partial charge >= 0.3 is 6.09 Å². The number of nitrogens with one attached hydrogen (secondary N) is 1. The highest BCUT2D eigenvalue weighted by atomic mass is 32.1. The van der Waals surface area contributed by atoms with Gasteiger partial charge in [0.15, 0.2) is 0 Å². The van der Waals surface area contributed by atoms with E-state index in [0.29, 0.717) is 5.75 Å². The quantitative estimate of drug-likeness (QED) is 0.488. The smallest absolute Gasteiger partial charge is 0.408 e. The summed E-state index contributed by atoms with van der Waals surface area (Å²) >= 11 is 1.59. The van der Waals surface area contributed by atoms with Crippen molar-refractivity contribution in [2.45, 2.75) is 110 Å². The second-order valence-electron chi connectivity index (χ2n) is 12.4. The van der Waals surface area contributed by atoms with E-state index in [-0.39, 0.29) is 10.8 Å². The molecule has 1 aromatic heterocycles. The van der Waals surface area contributed by atoms with Crippen LogP contribution in [0.25, 0.3) is 11.3 Å². The molecule has 0 bridgehead atoms. The van der Waals surface area contributed by atoms with Gasteiger partial charge in [-0.3, -0.25) is 0 Å². The first kappa shape index (κ1) is 25.5. The number of benzene rings is 1. The number of ether oxygens (including phenoxy) is 1. The van der Waals surface area contributed by atoms with Gasteiger partial charge in [-0.25, -0.2) is 9.78 Å². The topological polar surface area (TPSA) is 71.5 Å². The number of rotatable bonds is 3. The molecule has 1 heterocycles. The number of hydrogen-bond acceptors (Lipinski definition) is 5. The number of thiazole rings is 1. The van der Waals surface area contributed by atoms with E-state index in [9.17, 15) is 9.90 Å². The Morgan fingerprint density at radius 1 is 1.00 bits per heavy atom. The van der Waals surface area contributed by atoms with Gasteiger partial charge in [0.1, 0.15) is 16.4 Å². The van der Waals surface area contributed by atoms with Crippen LogP contribution in [0.2, 0.25) is 0 Å². The number of phenolic OH excluding ortho intramolecular Hbond substituents is 1. The van der Waals surface area contributed by atoms with Crippen LogP contribution in [0, 0.1) is 0 Å². The Labute approximate surface area is 203 Å². The van der Waals surface area contributed by atoms with Gasteiger partial charge in [-0.2, -0.15) is 0 Å². The molecule has 182 valence electrons. The van der Waals surface area contributed by atoms with Gasteiger partial charge in [0, 0.05) is 22.1 Å². The number of phenols is 1. The van der Waals surface area contributed by atoms with Crippen molar-refractivity contribution < 1.29 is 14.6 Å². The molecule has 3 rings (SSSR count). The fourth-order valence-corrected chi connectivity index (χ4v) is 5.47. The fourth-order valence-electron chi connectivity index (χ4n) is 4.42. The van der Waals surface area contributed by atoms with E-state index in [1.165, 1.54) is 0 Å². The minimum atomic E-state index is -0.545. The van der Waals surface area contributed by atoms with Gasteiger partial charge in [0.25, 0.3) is 0 Å². The molecule has 1 saturated carbocycles. The number of carbonyl (C=O) groups excluding carboxylic acids is 1. The highest BCUT2D eigenvalue weighted by Crippen LogP contribution is 2.44. The van der Waals surface area contributed by atoms with E-state index in [1.54, 1.807) is 11.3 Å². The van der Waals surface area contributed by atoms with E-state index < -0.39 is 17.2 Å². The average Bonchev–Trinajstić information content (AvgIpc) is 3.28. The number of hydrogen-bond donors (Lipinski definition) is 2. The second kappa shape index (κ2) is 8.61. The molecule has 0 aliphatic heterocycles. The number of aromatic hydroxyl groups is 1. The summed E-state index contributed by atoms with van der Waals surface area (Å²) in [5.74, 6) is 0.369. The minimum absolute atomic E-state index is 0.204. The Balaban J connectivity index is 2.03. The van der Waals surface area contributed by atoms with Crippen LogP contribution < -0.4 is 5.32 Å². The van der Waals surface area contributed by atoms with Crippen LogP contribution in [0.4, 0.5) is 4.79 Å². The van der Waals surface area contributed by atoms with Crippen LogP contribution >= 0.6 is 11.3 Å². The maximum absolute atomic E-state index is 12.6. The summed E-state index contributed by atoms with van der Waals surface area (Å²) in [4.78, 5) is 17.7. The van der Waals surface area contributed by atoms with Crippen molar-refractivity contribution >= 4 is 17.4 Å². The Hall–Kier alpha value is -2.08. The lowest BCUT2D eigenvalue weighted by atomic mass is 9.78. The van der Waals surface area contributed by atoms with Crippen LogP contribution in [0.5, 0.6) is 5.75 Å². The normalized spacial score (nSPS) is 16.6. The lowest BCUT2D eigenvalue weighted by Crippen LogP contribution is -2.46. The van der Waals surface area contributed by atoms with Crippen molar-refractivity contribution in [3.8, 4) is 17.0 Å². The zero-order valence-corrected chi connectivity index (χ0v) is 22.5. The molecule has 1 aliphatic rings. The molecule has 1 aliphatic carbocycles. The van der Waals surface area contributed by atoms with Crippen LogP contribution in [-0.4, -0.2) is 21.8 Å². The molecule has 1 amide bonds. The summed E-state index contributed by atoms with van der Waals surface area (Å²) in [6, 6.07) is 4.12. The average molecular weight is 473 g/mol. The first-order chi connectivity index (χ1) is 15.0. The maximum Gasteiger partial charge on any atom is 0.408 e. The first-order valence-corrected chi connectivity index (χ1v) is 12.8. The van der Waals surface area contributed by atoms with Crippen molar-refractivity contribution in [1.29, 1.82) is 0 Å². The molecule has 0 unspecified atom stereocenters. The molecule has 0 radical (unpaired) electrons. The van der Waals surface area contributed by atoms with Gasteiger partial charge in [-0.15, -0.1) is 11.3 Å². The Kier molecular flexibility index (Phi) is 6.66. The molecule has 1 fully saturated rings. The van der Waals surface area contributed by atoms with E-state index >= 15 is 0 Å². The van der Waals surface area contributed by atoms with E-state index in [4.69, 9.17) is 9.72 Å². The summed E-state index contributed by atoms with van der Waals surface area (Å²) in [5, 5.41) is 17.2. The van der Waals surface area contributed by atoms with Gasteiger partial charge in [0.2, 0.25) is 0 Å². The zero-order valence-electron chi connectivity index (χ0n) is 21.7. The molecule has 2 aromatic rings. The third-order valence-corrected chi connectivity index (χ3v) is 7.18. The number of amides is 1. The number of aromatic nitrogens is 1. The standard InChI is InChI=1S/C27H40N2O3S/c1-24(2,3)18-14-17(15-19(21(18)30)25(4,5)6)20-16-33-22(28-20)27(12-10-11-13-27)29-23(31)32-26(7,8)9/h14-16,30H,10-13H2,1-9H3,(H,29,31). The van der Waals surface area contributed by atoms with E-state index in [2.05, 4.69) is 64.4 Å². The maximum atomic E-state index is 12.6. The van der Waals surface area contributed by atoms with Gasteiger partial charge in [-0.1, -0.05) is 54.4 Å². The Morgan fingerprint density at radius 2 is 1.52 bits per heavy atom.